The van der Waals surface area contributed by atoms with Crippen LogP contribution in [0.25, 0.3) is 0 Å². The lowest BCUT2D eigenvalue weighted by Gasteiger charge is -2.21. The fraction of sp³-hybridized carbons (Fsp3) is 0.615. The summed E-state index contributed by atoms with van der Waals surface area (Å²) in [5.41, 5.74) is 0.331. The second-order valence-electron chi connectivity index (χ2n) is 4.19. The predicted molar refractivity (Wildman–Crippen MR) is 75.9 cm³/mol. The van der Waals surface area contributed by atoms with Crippen molar-refractivity contribution in [2.75, 3.05) is 52.9 Å². The summed E-state index contributed by atoms with van der Waals surface area (Å²) in [4.78, 5) is 14.1. The van der Waals surface area contributed by atoms with Gasteiger partial charge in [0.25, 0.3) is 5.91 Å². The minimum atomic E-state index is -0.145. The molecule has 0 fully saturated rings. The monoisotopic (exact) mass is 282 g/mol. The molecule has 1 N–H and O–H groups in total. The predicted octanol–water partition coefficient (Wildman–Crippen LogP) is 0.643. The molecule has 20 heavy (non-hydrogen) atoms. The molecular formula is C13H22N4O3. The highest BCUT2D eigenvalue weighted by molar-refractivity contribution is 5.92. The van der Waals surface area contributed by atoms with Crippen LogP contribution in [0.2, 0.25) is 0 Å². The van der Waals surface area contributed by atoms with Gasteiger partial charge in [-0.3, -0.25) is 4.79 Å². The first-order valence-electron chi connectivity index (χ1n) is 6.51. The van der Waals surface area contributed by atoms with Crippen molar-refractivity contribution in [2.45, 2.75) is 6.42 Å². The van der Waals surface area contributed by atoms with E-state index < -0.39 is 0 Å². The van der Waals surface area contributed by atoms with Crippen LogP contribution in [0.3, 0.4) is 0 Å². The van der Waals surface area contributed by atoms with E-state index >= 15 is 0 Å². The van der Waals surface area contributed by atoms with Crippen molar-refractivity contribution in [2.24, 2.45) is 0 Å². The van der Waals surface area contributed by atoms with Gasteiger partial charge in [-0.1, -0.05) is 0 Å². The smallest absolute Gasteiger partial charge is 0.274 e. The summed E-state index contributed by atoms with van der Waals surface area (Å²) in [7, 11) is 5.00. The molecule has 1 aromatic rings. The molecule has 0 saturated heterocycles. The van der Waals surface area contributed by atoms with Crippen LogP contribution in [-0.2, 0) is 9.47 Å². The van der Waals surface area contributed by atoms with E-state index in [2.05, 4.69) is 15.5 Å². The number of carbonyl (C=O) groups is 1. The molecule has 1 rings (SSSR count). The average Bonchev–Trinajstić information content (AvgIpc) is 2.50. The van der Waals surface area contributed by atoms with Crippen LogP contribution in [0.4, 0.5) is 5.82 Å². The molecule has 0 aromatic carbocycles. The van der Waals surface area contributed by atoms with E-state index in [9.17, 15) is 4.79 Å². The molecule has 7 heteroatoms. The Hall–Kier alpha value is -1.73. The van der Waals surface area contributed by atoms with Gasteiger partial charge in [0.15, 0.2) is 5.69 Å². The Morgan fingerprint density at radius 2 is 1.95 bits per heavy atom. The third kappa shape index (κ3) is 5.10. The molecule has 112 valence electrons. The lowest BCUT2D eigenvalue weighted by atomic mass is 10.3. The van der Waals surface area contributed by atoms with Gasteiger partial charge in [-0.15, -0.1) is 10.2 Å². The Kier molecular flexibility index (Phi) is 7.52. The van der Waals surface area contributed by atoms with E-state index in [1.54, 1.807) is 38.3 Å². The van der Waals surface area contributed by atoms with Gasteiger partial charge in [0.2, 0.25) is 0 Å². The van der Waals surface area contributed by atoms with Gasteiger partial charge in [0.05, 0.1) is 6.61 Å². The van der Waals surface area contributed by atoms with Gasteiger partial charge in [-0.05, 0) is 18.6 Å². The Balaban J connectivity index is 2.68. The highest BCUT2D eigenvalue weighted by Crippen LogP contribution is 2.05. The van der Waals surface area contributed by atoms with Crippen LogP contribution < -0.4 is 5.32 Å². The SMILES string of the molecule is CNc1ccc(C(=O)N(CCCOC)CCOC)nn1. The van der Waals surface area contributed by atoms with Gasteiger partial charge in [0, 0.05) is 41.0 Å². The Bertz CT molecular complexity index is 397. The molecule has 1 aromatic heterocycles. The van der Waals surface area contributed by atoms with E-state index in [1.165, 1.54) is 0 Å². The molecule has 0 aliphatic rings. The summed E-state index contributed by atoms with van der Waals surface area (Å²) in [6.45, 7) is 2.22. The summed E-state index contributed by atoms with van der Waals surface area (Å²) in [6.07, 6.45) is 0.772. The summed E-state index contributed by atoms with van der Waals surface area (Å²) in [5, 5.41) is 10.7. The van der Waals surface area contributed by atoms with Crippen LogP contribution in [0.1, 0.15) is 16.9 Å². The number of methoxy groups -OCH3 is 2. The molecule has 0 bridgehead atoms. The molecule has 7 nitrogen and oxygen atoms in total. The highest BCUT2D eigenvalue weighted by Gasteiger charge is 2.17. The van der Waals surface area contributed by atoms with E-state index in [0.717, 1.165) is 6.42 Å². The second-order valence-corrected chi connectivity index (χ2v) is 4.19. The van der Waals surface area contributed by atoms with Crippen molar-refractivity contribution in [3.8, 4) is 0 Å². The number of ether oxygens (including phenoxy) is 2. The zero-order valence-corrected chi connectivity index (χ0v) is 12.3. The minimum Gasteiger partial charge on any atom is -0.385 e. The van der Waals surface area contributed by atoms with Crippen molar-refractivity contribution in [3.63, 3.8) is 0 Å². The van der Waals surface area contributed by atoms with Crippen LogP contribution in [-0.4, -0.2) is 68.6 Å². The lowest BCUT2D eigenvalue weighted by molar-refractivity contribution is 0.0667. The number of nitrogens with one attached hydrogen (secondary N) is 1. The topological polar surface area (TPSA) is 76.6 Å². The number of hydrogen-bond acceptors (Lipinski definition) is 6. The molecule has 0 unspecified atom stereocenters. The van der Waals surface area contributed by atoms with Crippen LogP contribution >= 0.6 is 0 Å². The molecule has 1 heterocycles. The third-order valence-electron chi connectivity index (χ3n) is 2.77. The molecule has 0 aliphatic heterocycles. The molecule has 0 spiro atoms. The molecule has 1 amide bonds. The first-order valence-corrected chi connectivity index (χ1v) is 6.51. The van der Waals surface area contributed by atoms with Gasteiger partial charge in [-0.2, -0.15) is 0 Å². The van der Waals surface area contributed by atoms with Crippen molar-refractivity contribution >= 4 is 11.7 Å². The van der Waals surface area contributed by atoms with Gasteiger partial charge >= 0.3 is 0 Å². The van der Waals surface area contributed by atoms with Crippen molar-refractivity contribution < 1.29 is 14.3 Å². The Labute approximate surface area is 119 Å². The van der Waals surface area contributed by atoms with Crippen LogP contribution in [0, 0.1) is 0 Å². The van der Waals surface area contributed by atoms with E-state index in [-0.39, 0.29) is 5.91 Å². The standard InChI is InChI=1S/C13H22N4O3/c1-14-12-6-5-11(15-16-12)13(18)17(8-10-20-3)7-4-9-19-2/h5-6H,4,7-10H2,1-3H3,(H,14,16). The second kappa shape index (κ2) is 9.22. The maximum atomic E-state index is 12.4. The first-order chi connectivity index (χ1) is 9.72. The fourth-order valence-electron chi connectivity index (χ4n) is 1.66. The lowest BCUT2D eigenvalue weighted by Crippen LogP contribution is -2.35. The third-order valence-corrected chi connectivity index (χ3v) is 2.77. The van der Waals surface area contributed by atoms with Crippen molar-refractivity contribution in [3.05, 3.63) is 17.8 Å². The number of amides is 1. The normalized spacial score (nSPS) is 10.3. The van der Waals surface area contributed by atoms with Gasteiger partial charge in [0.1, 0.15) is 5.82 Å². The van der Waals surface area contributed by atoms with Gasteiger partial charge in [-0.25, -0.2) is 0 Å². The largest absolute Gasteiger partial charge is 0.385 e. The first kappa shape index (κ1) is 16.3. The van der Waals surface area contributed by atoms with E-state index in [1.807, 2.05) is 0 Å². The Morgan fingerprint density at radius 1 is 1.20 bits per heavy atom. The van der Waals surface area contributed by atoms with Crippen LogP contribution in [0.15, 0.2) is 12.1 Å². The molecule has 0 aliphatic carbocycles. The zero-order valence-electron chi connectivity index (χ0n) is 12.3. The molecule has 0 saturated carbocycles. The Morgan fingerprint density at radius 3 is 2.50 bits per heavy atom. The highest BCUT2D eigenvalue weighted by atomic mass is 16.5. The summed E-state index contributed by atoms with van der Waals surface area (Å²) < 4.78 is 10.0. The summed E-state index contributed by atoms with van der Waals surface area (Å²) in [6, 6.07) is 3.39. The zero-order chi connectivity index (χ0) is 14.8. The number of anilines is 1. The minimum absolute atomic E-state index is 0.145. The van der Waals surface area contributed by atoms with E-state index in [4.69, 9.17) is 9.47 Å². The molecule has 0 radical (unpaired) electrons. The maximum Gasteiger partial charge on any atom is 0.274 e. The summed E-state index contributed by atoms with van der Waals surface area (Å²) in [5.74, 6) is 0.484. The number of rotatable bonds is 9. The van der Waals surface area contributed by atoms with Crippen molar-refractivity contribution in [1.29, 1.82) is 0 Å². The maximum absolute atomic E-state index is 12.4. The molecular weight excluding hydrogens is 260 g/mol. The molecule has 0 atom stereocenters. The number of carbonyl (C=O) groups excluding carboxylic acids is 1. The number of nitrogens with zero attached hydrogens (tertiary/aromatic N) is 3. The fourth-order valence-corrected chi connectivity index (χ4v) is 1.66. The van der Waals surface area contributed by atoms with Crippen LogP contribution in [0.5, 0.6) is 0 Å². The van der Waals surface area contributed by atoms with Gasteiger partial charge < -0.3 is 19.7 Å². The quantitative estimate of drug-likeness (QED) is 0.670. The summed E-state index contributed by atoms with van der Waals surface area (Å²) >= 11 is 0. The average molecular weight is 282 g/mol. The van der Waals surface area contributed by atoms with Crippen molar-refractivity contribution in [1.82, 2.24) is 15.1 Å². The number of aromatic nitrogens is 2. The van der Waals surface area contributed by atoms with E-state index in [0.29, 0.717) is 37.8 Å². The number of hydrogen-bond donors (Lipinski definition) is 1.